The maximum Gasteiger partial charge on any atom is 0.277 e. The minimum absolute atomic E-state index is 0.157. The molecule has 2 N–H and O–H groups in total. The number of benzene rings is 2. The molecule has 1 aromatic heterocycles. The second-order valence-corrected chi connectivity index (χ2v) is 5.99. The van der Waals surface area contributed by atoms with Crippen LogP contribution >= 0.6 is 0 Å². The van der Waals surface area contributed by atoms with Crippen LogP contribution < -0.4 is 15.7 Å². The van der Waals surface area contributed by atoms with Crippen LogP contribution in [0.2, 0.25) is 0 Å². The van der Waals surface area contributed by atoms with E-state index in [2.05, 4.69) is 15.5 Å². The molecule has 0 saturated carbocycles. The van der Waals surface area contributed by atoms with Gasteiger partial charge in [0.2, 0.25) is 0 Å². The zero-order valence-corrected chi connectivity index (χ0v) is 14.6. The molecule has 6 nitrogen and oxygen atoms in total. The average Bonchev–Trinajstić information content (AvgIpc) is 2.61. The minimum atomic E-state index is -0.404. The van der Waals surface area contributed by atoms with Gasteiger partial charge in [0.1, 0.15) is 5.75 Å². The Hall–Kier alpha value is -3.41. The number of aryl methyl sites for hydroxylation is 2. The molecular weight excluding hydrogens is 330 g/mol. The van der Waals surface area contributed by atoms with Crippen molar-refractivity contribution in [1.82, 2.24) is 10.4 Å². The van der Waals surface area contributed by atoms with Crippen molar-refractivity contribution < 1.29 is 9.53 Å². The molecule has 26 heavy (non-hydrogen) atoms. The Bertz CT molecular complexity index is 1040. The fourth-order valence-electron chi connectivity index (χ4n) is 2.57. The number of nitrogens with zero attached hydrogens (tertiary/aromatic N) is 1. The summed E-state index contributed by atoms with van der Waals surface area (Å²) in [5.74, 6) is 0.249. The van der Waals surface area contributed by atoms with Crippen molar-refractivity contribution in [3.63, 3.8) is 0 Å². The molecule has 3 aromatic rings. The maximum absolute atomic E-state index is 12.0. The summed E-state index contributed by atoms with van der Waals surface area (Å²) in [6.45, 7) is 3.76. The number of carbonyl (C=O) groups is 1. The van der Waals surface area contributed by atoms with Crippen molar-refractivity contribution in [3.05, 3.63) is 75.6 Å². The third-order valence-electron chi connectivity index (χ3n) is 3.86. The van der Waals surface area contributed by atoms with Crippen molar-refractivity contribution in [2.45, 2.75) is 13.8 Å². The van der Waals surface area contributed by atoms with Crippen molar-refractivity contribution in [2.75, 3.05) is 6.61 Å². The number of hydrogen-bond acceptors (Lipinski definition) is 4. The van der Waals surface area contributed by atoms with E-state index in [1.54, 1.807) is 6.07 Å². The number of rotatable bonds is 5. The number of pyridine rings is 1. The van der Waals surface area contributed by atoms with Crippen LogP contribution in [0, 0.1) is 13.8 Å². The summed E-state index contributed by atoms with van der Waals surface area (Å²) in [6, 6.07) is 14.9. The number of carbonyl (C=O) groups excluding carboxylic acids is 1. The molecule has 6 heteroatoms. The molecule has 1 amide bonds. The fourth-order valence-corrected chi connectivity index (χ4v) is 2.57. The molecule has 2 aromatic carbocycles. The third-order valence-corrected chi connectivity index (χ3v) is 3.86. The highest BCUT2D eigenvalue weighted by atomic mass is 16.5. The first kappa shape index (κ1) is 17.4. The first-order valence-electron chi connectivity index (χ1n) is 8.17. The Balaban J connectivity index is 1.60. The summed E-state index contributed by atoms with van der Waals surface area (Å²) >= 11 is 0. The van der Waals surface area contributed by atoms with Gasteiger partial charge in [0, 0.05) is 5.52 Å². The maximum atomic E-state index is 12.0. The average molecular weight is 349 g/mol. The number of ether oxygens (including phenoxy) is 1. The number of aromatic amines is 1. The summed E-state index contributed by atoms with van der Waals surface area (Å²) in [6.07, 6.45) is 1.32. The van der Waals surface area contributed by atoms with Gasteiger partial charge in [-0.3, -0.25) is 9.59 Å². The summed E-state index contributed by atoms with van der Waals surface area (Å²) in [4.78, 5) is 26.6. The zero-order chi connectivity index (χ0) is 18.5. The summed E-state index contributed by atoms with van der Waals surface area (Å²) in [5, 5.41) is 4.72. The third kappa shape index (κ3) is 4.16. The highest BCUT2D eigenvalue weighted by Gasteiger charge is 2.05. The number of hydrazone groups is 1. The van der Waals surface area contributed by atoms with Gasteiger partial charge < -0.3 is 9.72 Å². The van der Waals surface area contributed by atoms with Gasteiger partial charge in [0.25, 0.3) is 11.5 Å². The lowest BCUT2D eigenvalue weighted by Crippen LogP contribution is -2.25. The second kappa shape index (κ2) is 7.65. The van der Waals surface area contributed by atoms with E-state index in [4.69, 9.17) is 4.74 Å². The SMILES string of the molecule is Cc1ccc(OCC(=O)N/N=C\c2cc3ccccc3[nH]c2=O)c(C)c1. The Morgan fingerprint density at radius 1 is 1.19 bits per heavy atom. The van der Waals surface area contributed by atoms with Crippen LogP contribution in [-0.2, 0) is 4.79 Å². The number of aromatic nitrogens is 1. The standard InChI is InChI=1S/C20H19N3O3/c1-13-7-8-18(14(2)9-13)26-12-19(24)23-21-11-16-10-15-5-3-4-6-17(15)22-20(16)25/h3-11H,12H2,1-2H3,(H,22,25)(H,23,24)/b21-11-. The van der Waals surface area contributed by atoms with Crippen molar-refractivity contribution in [3.8, 4) is 5.75 Å². The van der Waals surface area contributed by atoms with Crippen LogP contribution in [0.15, 0.2) is 58.4 Å². The van der Waals surface area contributed by atoms with E-state index in [0.717, 1.165) is 22.0 Å². The molecule has 0 fully saturated rings. The van der Waals surface area contributed by atoms with Gasteiger partial charge >= 0.3 is 0 Å². The van der Waals surface area contributed by atoms with Crippen LogP contribution in [-0.4, -0.2) is 23.7 Å². The van der Waals surface area contributed by atoms with E-state index in [0.29, 0.717) is 11.3 Å². The molecule has 0 radical (unpaired) electrons. The predicted octanol–water partition coefficient (Wildman–Crippen LogP) is 2.67. The molecule has 0 unspecified atom stereocenters. The van der Waals surface area contributed by atoms with Crippen molar-refractivity contribution >= 4 is 23.0 Å². The lowest BCUT2D eigenvalue weighted by Gasteiger charge is -2.08. The Labute approximate surface area is 150 Å². The Morgan fingerprint density at radius 3 is 2.81 bits per heavy atom. The van der Waals surface area contributed by atoms with Gasteiger partial charge in [-0.25, -0.2) is 5.43 Å². The molecule has 3 rings (SSSR count). The normalized spacial score (nSPS) is 11.0. The van der Waals surface area contributed by atoms with Gasteiger partial charge in [-0.1, -0.05) is 35.9 Å². The number of H-pyrrole nitrogens is 1. The molecule has 0 aliphatic carbocycles. The number of amides is 1. The molecule has 0 spiro atoms. The molecule has 0 aliphatic rings. The smallest absolute Gasteiger partial charge is 0.277 e. The molecule has 0 aliphatic heterocycles. The Kier molecular flexibility index (Phi) is 5.12. The lowest BCUT2D eigenvalue weighted by molar-refractivity contribution is -0.123. The number of fused-ring (bicyclic) bond motifs is 1. The largest absolute Gasteiger partial charge is 0.483 e. The van der Waals surface area contributed by atoms with Gasteiger partial charge in [-0.15, -0.1) is 0 Å². The van der Waals surface area contributed by atoms with Crippen LogP contribution in [0.1, 0.15) is 16.7 Å². The predicted molar refractivity (Wildman–Crippen MR) is 102 cm³/mol. The molecule has 0 bridgehead atoms. The molecule has 132 valence electrons. The van der Waals surface area contributed by atoms with Gasteiger partial charge in [0.15, 0.2) is 6.61 Å². The summed E-state index contributed by atoms with van der Waals surface area (Å²) in [5.41, 5.74) is 5.29. The van der Waals surface area contributed by atoms with E-state index in [1.165, 1.54) is 6.21 Å². The van der Waals surface area contributed by atoms with E-state index in [1.807, 2.05) is 56.3 Å². The monoisotopic (exact) mass is 349 g/mol. The topological polar surface area (TPSA) is 83.5 Å². The zero-order valence-electron chi connectivity index (χ0n) is 14.6. The molecule has 0 atom stereocenters. The van der Waals surface area contributed by atoms with Crippen LogP contribution in [0.4, 0.5) is 0 Å². The van der Waals surface area contributed by atoms with Crippen molar-refractivity contribution in [1.29, 1.82) is 0 Å². The first-order valence-corrected chi connectivity index (χ1v) is 8.17. The minimum Gasteiger partial charge on any atom is -0.483 e. The van der Waals surface area contributed by atoms with Gasteiger partial charge in [-0.2, -0.15) is 5.10 Å². The fraction of sp³-hybridized carbons (Fsp3) is 0.150. The van der Waals surface area contributed by atoms with E-state index < -0.39 is 5.91 Å². The summed E-state index contributed by atoms with van der Waals surface area (Å²) < 4.78 is 5.48. The molecular formula is C20H19N3O3. The number of nitrogens with one attached hydrogen (secondary N) is 2. The molecule has 0 saturated heterocycles. The van der Waals surface area contributed by atoms with Crippen LogP contribution in [0.25, 0.3) is 10.9 Å². The lowest BCUT2D eigenvalue weighted by atomic mass is 10.1. The Morgan fingerprint density at radius 2 is 2.00 bits per heavy atom. The highest BCUT2D eigenvalue weighted by molar-refractivity contribution is 5.88. The van der Waals surface area contributed by atoms with Crippen molar-refractivity contribution in [2.24, 2.45) is 5.10 Å². The quantitative estimate of drug-likeness (QED) is 0.549. The molecule has 1 heterocycles. The van der Waals surface area contributed by atoms with E-state index in [-0.39, 0.29) is 12.2 Å². The van der Waals surface area contributed by atoms with Crippen LogP contribution in [0.5, 0.6) is 5.75 Å². The highest BCUT2D eigenvalue weighted by Crippen LogP contribution is 2.18. The first-order chi connectivity index (χ1) is 12.5. The second-order valence-electron chi connectivity index (χ2n) is 5.99. The number of para-hydroxylation sites is 1. The van der Waals surface area contributed by atoms with Gasteiger partial charge in [0.05, 0.1) is 11.8 Å². The van der Waals surface area contributed by atoms with Crippen LogP contribution in [0.3, 0.4) is 0 Å². The summed E-state index contributed by atoms with van der Waals surface area (Å²) in [7, 11) is 0. The van der Waals surface area contributed by atoms with E-state index >= 15 is 0 Å². The van der Waals surface area contributed by atoms with Gasteiger partial charge in [-0.05, 0) is 43.0 Å². The van der Waals surface area contributed by atoms with E-state index in [9.17, 15) is 9.59 Å². The number of hydrogen-bond donors (Lipinski definition) is 2.